The van der Waals surface area contributed by atoms with Gasteiger partial charge in [0.1, 0.15) is 0 Å². The molecular weight excluding hydrogens is 190 g/mol. The maximum absolute atomic E-state index is 10.7. The number of aliphatic carboxylic acids is 1. The summed E-state index contributed by atoms with van der Waals surface area (Å²) in [7, 11) is 0. The number of hydrogen-bond acceptors (Lipinski definition) is 2. The smallest absolute Gasteiger partial charge is 0.332 e. The average Bonchev–Trinajstić information content (AvgIpc) is 2.26. The van der Waals surface area contributed by atoms with Gasteiger partial charge in [0, 0.05) is 18.2 Å². The summed E-state index contributed by atoms with van der Waals surface area (Å²) in [5, 5.41) is 8.80. The molecule has 3 heteroatoms. The maximum Gasteiger partial charge on any atom is 0.332 e. The highest BCUT2D eigenvalue weighted by atomic mass is 16.4. The molecule has 0 aliphatic heterocycles. The summed E-state index contributed by atoms with van der Waals surface area (Å²) in [4.78, 5) is 13.0. The average molecular weight is 211 g/mol. The summed E-state index contributed by atoms with van der Waals surface area (Å²) in [5.74, 6) is -0.871. The summed E-state index contributed by atoms with van der Waals surface area (Å²) in [5.41, 5.74) is 0.308. The lowest BCUT2D eigenvalue weighted by atomic mass is 9.94. The van der Waals surface area contributed by atoms with Gasteiger partial charge in [0.15, 0.2) is 0 Å². The Morgan fingerprint density at radius 3 is 2.47 bits per heavy atom. The Bertz CT molecular complexity index is 232. The number of carboxylic acids is 1. The Balaban J connectivity index is 2.46. The summed E-state index contributed by atoms with van der Waals surface area (Å²) in [6, 6.07) is 0.569. The van der Waals surface area contributed by atoms with Crippen LogP contribution in [0.4, 0.5) is 0 Å². The Kier molecular flexibility index (Phi) is 4.82. The minimum Gasteiger partial charge on any atom is -0.478 e. The van der Waals surface area contributed by atoms with Gasteiger partial charge in [0.2, 0.25) is 0 Å². The van der Waals surface area contributed by atoms with Crippen molar-refractivity contribution >= 4 is 5.97 Å². The first kappa shape index (κ1) is 12.2. The summed E-state index contributed by atoms with van der Waals surface area (Å²) < 4.78 is 0. The molecule has 0 aromatic heterocycles. The van der Waals surface area contributed by atoms with Gasteiger partial charge in [0.25, 0.3) is 0 Å². The monoisotopic (exact) mass is 211 g/mol. The molecular formula is C12H21NO2. The fourth-order valence-corrected chi connectivity index (χ4v) is 2.26. The third-order valence-corrected chi connectivity index (χ3v) is 3.19. The largest absolute Gasteiger partial charge is 0.478 e. The Morgan fingerprint density at radius 1 is 1.40 bits per heavy atom. The quantitative estimate of drug-likeness (QED) is 0.709. The lowest BCUT2D eigenvalue weighted by Crippen LogP contribution is -2.38. The van der Waals surface area contributed by atoms with E-state index in [2.05, 4.69) is 18.4 Å². The molecule has 15 heavy (non-hydrogen) atoms. The van der Waals surface area contributed by atoms with Crippen LogP contribution in [-0.4, -0.2) is 35.1 Å². The number of carbonyl (C=O) groups is 1. The van der Waals surface area contributed by atoms with Crippen LogP contribution >= 0.6 is 0 Å². The third-order valence-electron chi connectivity index (χ3n) is 3.19. The van der Waals surface area contributed by atoms with Gasteiger partial charge in [-0.05, 0) is 19.4 Å². The molecule has 1 fully saturated rings. The van der Waals surface area contributed by atoms with E-state index in [-0.39, 0.29) is 0 Å². The van der Waals surface area contributed by atoms with E-state index in [9.17, 15) is 4.79 Å². The molecule has 0 spiro atoms. The molecule has 0 saturated heterocycles. The molecule has 0 amide bonds. The van der Waals surface area contributed by atoms with Crippen molar-refractivity contribution in [3.63, 3.8) is 0 Å². The second-order valence-electron chi connectivity index (χ2n) is 4.26. The SMILES string of the molecule is C=C(CN(CC)C1CCCCC1)C(=O)O. The van der Waals surface area contributed by atoms with E-state index < -0.39 is 5.97 Å². The number of likely N-dealkylation sites (N-methyl/N-ethyl adjacent to an activating group) is 1. The lowest BCUT2D eigenvalue weighted by Gasteiger charge is -2.33. The molecule has 1 N–H and O–H groups in total. The highest BCUT2D eigenvalue weighted by Crippen LogP contribution is 2.22. The third kappa shape index (κ3) is 3.67. The van der Waals surface area contributed by atoms with Gasteiger partial charge < -0.3 is 5.11 Å². The van der Waals surface area contributed by atoms with Crippen molar-refractivity contribution in [3.8, 4) is 0 Å². The minimum absolute atomic E-state index is 0.308. The molecule has 1 aliphatic rings. The van der Waals surface area contributed by atoms with Crippen LogP contribution in [0.25, 0.3) is 0 Å². The van der Waals surface area contributed by atoms with Crippen molar-refractivity contribution in [2.24, 2.45) is 0 Å². The zero-order valence-corrected chi connectivity index (χ0v) is 9.54. The Hall–Kier alpha value is -0.830. The minimum atomic E-state index is -0.871. The van der Waals surface area contributed by atoms with Gasteiger partial charge >= 0.3 is 5.97 Å². The highest BCUT2D eigenvalue weighted by molar-refractivity contribution is 5.86. The predicted molar refractivity (Wildman–Crippen MR) is 60.9 cm³/mol. The molecule has 1 rings (SSSR count). The van der Waals surface area contributed by atoms with Crippen molar-refractivity contribution in [2.45, 2.75) is 45.1 Å². The van der Waals surface area contributed by atoms with Crippen molar-refractivity contribution in [2.75, 3.05) is 13.1 Å². The van der Waals surface area contributed by atoms with E-state index in [1.165, 1.54) is 32.1 Å². The second kappa shape index (κ2) is 5.91. The van der Waals surface area contributed by atoms with Crippen LogP contribution in [0, 0.1) is 0 Å². The zero-order chi connectivity index (χ0) is 11.3. The van der Waals surface area contributed by atoms with Crippen molar-refractivity contribution < 1.29 is 9.90 Å². The van der Waals surface area contributed by atoms with Crippen molar-refractivity contribution in [1.29, 1.82) is 0 Å². The second-order valence-corrected chi connectivity index (χ2v) is 4.26. The Morgan fingerprint density at radius 2 is 2.00 bits per heavy atom. The molecule has 0 aromatic rings. The van der Waals surface area contributed by atoms with Crippen LogP contribution in [0.5, 0.6) is 0 Å². The molecule has 3 nitrogen and oxygen atoms in total. The molecule has 86 valence electrons. The standard InChI is InChI=1S/C12H21NO2/c1-3-13(9-10(2)12(14)15)11-7-5-4-6-8-11/h11H,2-9H2,1H3,(H,14,15). The molecule has 0 radical (unpaired) electrons. The van der Waals surface area contributed by atoms with Crippen molar-refractivity contribution in [3.05, 3.63) is 12.2 Å². The summed E-state index contributed by atoms with van der Waals surface area (Å²) in [6.45, 7) is 7.11. The first-order chi connectivity index (χ1) is 7.15. The molecule has 0 bridgehead atoms. The molecule has 0 heterocycles. The Labute approximate surface area is 91.8 Å². The van der Waals surface area contributed by atoms with Crippen LogP contribution in [0.1, 0.15) is 39.0 Å². The topological polar surface area (TPSA) is 40.5 Å². The van der Waals surface area contributed by atoms with Gasteiger partial charge in [-0.1, -0.05) is 32.8 Å². The van der Waals surface area contributed by atoms with Crippen LogP contribution < -0.4 is 0 Å². The zero-order valence-electron chi connectivity index (χ0n) is 9.54. The normalized spacial score (nSPS) is 18.0. The van der Waals surface area contributed by atoms with Crippen LogP contribution in [0.15, 0.2) is 12.2 Å². The fraction of sp³-hybridized carbons (Fsp3) is 0.750. The molecule has 0 unspecified atom stereocenters. The molecule has 1 aliphatic carbocycles. The first-order valence-electron chi connectivity index (χ1n) is 5.80. The molecule has 0 aromatic carbocycles. The van der Waals surface area contributed by atoms with Crippen LogP contribution in [-0.2, 0) is 4.79 Å². The fourth-order valence-electron chi connectivity index (χ4n) is 2.26. The first-order valence-corrected chi connectivity index (χ1v) is 5.80. The van der Waals surface area contributed by atoms with Crippen LogP contribution in [0.3, 0.4) is 0 Å². The maximum atomic E-state index is 10.7. The highest BCUT2D eigenvalue weighted by Gasteiger charge is 2.21. The molecule has 0 atom stereocenters. The number of carboxylic acid groups (broad SMARTS) is 1. The van der Waals surface area contributed by atoms with Gasteiger partial charge in [-0.2, -0.15) is 0 Å². The predicted octanol–water partition coefficient (Wildman–Crippen LogP) is 2.28. The summed E-state index contributed by atoms with van der Waals surface area (Å²) in [6.07, 6.45) is 6.30. The van der Waals surface area contributed by atoms with E-state index in [0.29, 0.717) is 18.2 Å². The summed E-state index contributed by atoms with van der Waals surface area (Å²) >= 11 is 0. The molecule has 1 saturated carbocycles. The van der Waals surface area contributed by atoms with Gasteiger partial charge in [0.05, 0.1) is 0 Å². The number of hydrogen-bond donors (Lipinski definition) is 1. The van der Waals surface area contributed by atoms with Crippen LogP contribution in [0.2, 0.25) is 0 Å². The van der Waals surface area contributed by atoms with E-state index >= 15 is 0 Å². The van der Waals surface area contributed by atoms with Gasteiger partial charge in [-0.15, -0.1) is 0 Å². The van der Waals surface area contributed by atoms with E-state index in [1.807, 2.05) is 0 Å². The number of nitrogens with zero attached hydrogens (tertiary/aromatic N) is 1. The van der Waals surface area contributed by atoms with Gasteiger partial charge in [-0.3, -0.25) is 4.90 Å². The van der Waals surface area contributed by atoms with E-state index in [1.54, 1.807) is 0 Å². The number of rotatable bonds is 5. The van der Waals surface area contributed by atoms with Crippen molar-refractivity contribution in [1.82, 2.24) is 4.90 Å². The van der Waals surface area contributed by atoms with Gasteiger partial charge in [-0.25, -0.2) is 4.79 Å². The lowest BCUT2D eigenvalue weighted by molar-refractivity contribution is -0.133. The van der Waals surface area contributed by atoms with E-state index in [4.69, 9.17) is 5.11 Å². The van der Waals surface area contributed by atoms with E-state index in [0.717, 1.165) is 6.54 Å².